The van der Waals surface area contributed by atoms with E-state index < -0.39 is 0 Å². The van der Waals surface area contributed by atoms with Gasteiger partial charge in [-0.3, -0.25) is 0 Å². The van der Waals surface area contributed by atoms with Crippen LogP contribution in [0.4, 0.5) is 0 Å². The fourth-order valence-electron chi connectivity index (χ4n) is 2.10. The average Bonchev–Trinajstić information content (AvgIpc) is 2.77. The lowest BCUT2D eigenvalue weighted by Gasteiger charge is -2.13. The van der Waals surface area contributed by atoms with Crippen molar-refractivity contribution < 1.29 is 0 Å². The summed E-state index contributed by atoms with van der Waals surface area (Å²) in [5.41, 5.74) is 9.03. The first kappa shape index (κ1) is 14.1. The number of halogens is 1. The van der Waals surface area contributed by atoms with Gasteiger partial charge in [-0.1, -0.05) is 37.6 Å². The molecule has 102 valence electrons. The van der Waals surface area contributed by atoms with Gasteiger partial charge in [-0.2, -0.15) is 5.10 Å². The van der Waals surface area contributed by atoms with Gasteiger partial charge in [0.05, 0.1) is 16.4 Å². The van der Waals surface area contributed by atoms with Crippen LogP contribution in [0, 0.1) is 0 Å². The molecule has 1 heterocycles. The van der Waals surface area contributed by atoms with Crippen molar-refractivity contribution in [1.29, 1.82) is 0 Å². The predicted molar refractivity (Wildman–Crippen MR) is 80.0 cm³/mol. The van der Waals surface area contributed by atoms with Gasteiger partial charge >= 0.3 is 0 Å². The number of nitrogens with zero attached hydrogens (tertiary/aromatic N) is 2. The monoisotopic (exact) mass is 277 g/mol. The van der Waals surface area contributed by atoms with E-state index in [0.717, 1.165) is 23.4 Å². The zero-order chi connectivity index (χ0) is 14.0. The Morgan fingerprint density at radius 2 is 2.00 bits per heavy atom. The summed E-state index contributed by atoms with van der Waals surface area (Å²) in [6.07, 6.45) is 2.74. The van der Waals surface area contributed by atoms with Crippen molar-refractivity contribution in [3.8, 4) is 5.69 Å². The Balaban J connectivity index is 2.47. The lowest BCUT2D eigenvalue weighted by atomic mass is 10.1. The van der Waals surface area contributed by atoms with E-state index in [-0.39, 0.29) is 6.04 Å². The maximum atomic E-state index is 6.33. The Morgan fingerprint density at radius 1 is 1.26 bits per heavy atom. The molecule has 0 aliphatic rings. The SMILES string of the molecule is CC(N)Cc1cccc(Cl)c1-n1ccc(C(C)C)n1. The molecule has 0 fully saturated rings. The molecular weight excluding hydrogens is 258 g/mol. The summed E-state index contributed by atoms with van der Waals surface area (Å²) in [7, 11) is 0. The van der Waals surface area contributed by atoms with Crippen molar-refractivity contribution in [2.24, 2.45) is 5.73 Å². The molecule has 0 saturated carbocycles. The summed E-state index contributed by atoms with van der Waals surface area (Å²) in [5.74, 6) is 0.403. The highest BCUT2D eigenvalue weighted by atomic mass is 35.5. The maximum absolute atomic E-state index is 6.33. The highest BCUT2D eigenvalue weighted by Gasteiger charge is 2.13. The van der Waals surface area contributed by atoms with E-state index in [9.17, 15) is 0 Å². The van der Waals surface area contributed by atoms with Gasteiger partial charge in [0, 0.05) is 12.2 Å². The highest BCUT2D eigenvalue weighted by Crippen LogP contribution is 2.26. The van der Waals surface area contributed by atoms with Gasteiger partial charge < -0.3 is 5.73 Å². The summed E-state index contributed by atoms with van der Waals surface area (Å²) in [4.78, 5) is 0. The molecule has 0 aliphatic carbocycles. The van der Waals surface area contributed by atoms with Crippen LogP contribution in [-0.2, 0) is 6.42 Å². The first-order valence-corrected chi connectivity index (χ1v) is 6.95. The molecule has 1 aromatic heterocycles. The van der Waals surface area contributed by atoms with E-state index in [1.807, 2.05) is 36.0 Å². The first-order valence-electron chi connectivity index (χ1n) is 6.58. The second kappa shape index (κ2) is 5.76. The minimum absolute atomic E-state index is 0.0948. The molecule has 1 unspecified atom stereocenters. The van der Waals surface area contributed by atoms with Gasteiger partial charge in [0.2, 0.25) is 0 Å². The number of rotatable bonds is 4. The third-order valence-corrected chi connectivity index (χ3v) is 3.35. The number of para-hydroxylation sites is 1. The lowest BCUT2D eigenvalue weighted by Crippen LogP contribution is -2.19. The minimum Gasteiger partial charge on any atom is -0.328 e. The minimum atomic E-state index is 0.0948. The second-order valence-corrected chi connectivity index (χ2v) is 5.68. The maximum Gasteiger partial charge on any atom is 0.0864 e. The molecule has 4 heteroatoms. The van der Waals surface area contributed by atoms with E-state index >= 15 is 0 Å². The Morgan fingerprint density at radius 3 is 2.58 bits per heavy atom. The van der Waals surface area contributed by atoms with E-state index in [2.05, 4.69) is 25.0 Å². The van der Waals surface area contributed by atoms with Crippen LogP contribution >= 0.6 is 11.6 Å². The molecule has 0 bridgehead atoms. The number of benzene rings is 1. The Bertz CT molecular complexity index is 558. The van der Waals surface area contributed by atoms with Crippen LogP contribution < -0.4 is 5.73 Å². The van der Waals surface area contributed by atoms with Crippen molar-refractivity contribution in [3.05, 3.63) is 46.7 Å². The summed E-state index contributed by atoms with van der Waals surface area (Å²) < 4.78 is 1.86. The van der Waals surface area contributed by atoms with Crippen LogP contribution in [0.3, 0.4) is 0 Å². The van der Waals surface area contributed by atoms with Crippen molar-refractivity contribution >= 4 is 11.6 Å². The molecular formula is C15H20ClN3. The van der Waals surface area contributed by atoms with Gasteiger partial charge in [-0.15, -0.1) is 0 Å². The quantitative estimate of drug-likeness (QED) is 0.929. The van der Waals surface area contributed by atoms with Crippen molar-refractivity contribution in [3.63, 3.8) is 0 Å². The third-order valence-electron chi connectivity index (χ3n) is 3.04. The smallest absolute Gasteiger partial charge is 0.0864 e. The van der Waals surface area contributed by atoms with Crippen LogP contribution in [0.25, 0.3) is 5.69 Å². The number of nitrogens with two attached hydrogens (primary N) is 1. The molecule has 19 heavy (non-hydrogen) atoms. The van der Waals surface area contributed by atoms with Crippen LogP contribution in [0.1, 0.15) is 37.9 Å². The van der Waals surface area contributed by atoms with Crippen molar-refractivity contribution in [2.75, 3.05) is 0 Å². The first-order chi connectivity index (χ1) is 8.99. The highest BCUT2D eigenvalue weighted by molar-refractivity contribution is 6.32. The van der Waals surface area contributed by atoms with E-state index in [1.54, 1.807) is 0 Å². The topological polar surface area (TPSA) is 43.8 Å². The molecule has 2 aromatic rings. The average molecular weight is 278 g/mol. The summed E-state index contributed by atoms with van der Waals surface area (Å²) in [5, 5.41) is 5.31. The fourth-order valence-corrected chi connectivity index (χ4v) is 2.38. The lowest BCUT2D eigenvalue weighted by molar-refractivity contribution is 0.720. The number of aromatic nitrogens is 2. The van der Waals surface area contributed by atoms with Crippen LogP contribution in [0.15, 0.2) is 30.5 Å². The predicted octanol–water partition coefficient (Wildman–Crippen LogP) is 3.54. The molecule has 1 aromatic carbocycles. The summed E-state index contributed by atoms with van der Waals surface area (Å²) in [6, 6.07) is 8.02. The van der Waals surface area contributed by atoms with Gasteiger partial charge in [0.1, 0.15) is 0 Å². The Labute approximate surface area is 119 Å². The van der Waals surface area contributed by atoms with Gasteiger partial charge in [0.15, 0.2) is 0 Å². The summed E-state index contributed by atoms with van der Waals surface area (Å²) >= 11 is 6.33. The van der Waals surface area contributed by atoms with Gasteiger partial charge in [0.25, 0.3) is 0 Å². The number of hydrogen-bond donors (Lipinski definition) is 1. The molecule has 3 nitrogen and oxygen atoms in total. The van der Waals surface area contributed by atoms with Crippen LogP contribution in [0.5, 0.6) is 0 Å². The Kier molecular flexibility index (Phi) is 4.27. The summed E-state index contributed by atoms with van der Waals surface area (Å²) in [6.45, 7) is 6.25. The standard InChI is InChI=1S/C15H20ClN3/c1-10(2)14-7-8-19(18-14)15-12(9-11(3)17)5-4-6-13(15)16/h4-8,10-11H,9,17H2,1-3H3. The van der Waals surface area contributed by atoms with E-state index in [4.69, 9.17) is 17.3 Å². The molecule has 0 amide bonds. The fraction of sp³-hybridized carbons (Fsp3) is 0.400. The van der Waals surface area contributed by atoms with Gasteiger partial charge in [-0.25, -0.2) is 4.68 Å². The van der Waals surface area contributed by atoms with Crippen molar-refractivity contribution in [2.45, 2.75) is 39.2 Å². The zero-order valence-electron chi connectivity index (χ0n) is 11.6. The van der Waals surface area contributed by atoms with E-state index in [0.29, 0.717) is 10.9 Å². The van der Waals surface area contributed by atoms with Crippen molar-refractivity contribution in [1.82, 2.24) is 9.78 Å². The third kappa shape index (κ3) is 3.17. The normalized spacial score (nSPS) is 12.9. The molecule has 2 rings (SSSR count). The van der Waals surface area contributed by atoms with Crippen LogP contribution in [-0.4, -0.2) is 15.8 Å². The molecule has 1 atom stereocenters. The number of hydrogen-bond acceptors (Lipinski definition) is 2. The second-order valence-electron chi connectivity index (χ2n) is 5.27. The molecule has 2 N–H and O–H groups in total. The zero-order valence-corrected chi connectivity index (χ0v) is 12.4. The molecule has 0 radical (unpaired) electrons. The molecule has 0 aliphatic heterocycles. The van der Waals surface area contributed by atoms with E-state index in [1.165, 1.54) is 0 Å². The largest absolute Gasteiger partial charge is 0.328 e. The molecule has 0 saturated heterocycles. The molecule has 0 spiro atoms. The van der Waals surface area contributed by atoms with Gasteiger partial charge in [-0.05, 0) is 37.0 Å². The van der Waals surface area contributed by atoms with Crippen LogP contribution in [0.2, 0.25) is 5.02 Å². The Hall–Kier alpha value is -1.32.